The molecule has 0 aromatic heterocycles. The van der Waals surface area contributed by atoms with Crippen molar-refractivity contribution in [3.8, 4) is 0 Å². The molecule has 6 nitrogen and oxygen atoms in total. The van der Waals surface area contributed by atoms with Crippen LogP contribution in [0.15, 0.2) is 12.1 Å². The standard InChI is InChI=1S/C16H21FN2O4/c1-10-7-12(17)8-13(15(10)19(22)23)16(21)18(2)9-11-5-3-4-6-14(11)20/h7-8,11,14,20H,3-6,9H2,1-2H3. The first kappa shape index (κ1) is 17.3. The predicted octanol–water partition coefficient (Wildman–Crippen LogP) is 2.67. The molecule has 2 atom stereocenters. The number of rotatable bonds is 4. The number of hydrogen-bond acceptors (Lipinski definition) is 4. The third-order valence-electron chi connectivity index (χ3n) is 4.40. The van der Waals surface area contributed by atoms with Crippen molar-refractivity contribution in [1.29, 1.82) is 0 Å². The van der Waals surface area contributed by atoms with E-state index < -0.39 is 22.8 Å². The van der Waals surface area contributed by atoms with Gasteiger partial charge in [0.25, 0.3) is 11.6 Å². The fourth-order valence-electron chi connectivity index (χ4n) is 3.18. The molecule has 7 heteroatoms. The van der Waals surface area contributed by atoms with Crippen LogP contribution in [0.2, 0.25) is 0 Å². The predicted molar refractivity (Wildman–Crippen MR) is 82.7 cm³/mol. The van der Waals surface area contributed by atoms with Crippen molar-refractivity contribution in [2.24, 2.45) is 5.92 Å². The molecule has 0 aliphatic heterocycles. The minimum absolute atomic E-state index is 0.0496. The summed E-state index contributed by atoms with van der Waals surface area (Å²) in [7, 11) is 1.52. The lowest BCUT2D eigenvalue weighted by atomic mass is 9.86. The fourth-order valence-corrected chi connectivity index (χ4v) is 3.18. The van der Waals surface area contributed by atoms with Crippen LogP contribution >= 0.6 is 0 Å². The smallest absolute Gasteiger partial charge is 0.285 e. The molecule has 23 heavy (non-hydrogen) atoms. The van der Waals surface area contributed by atoms with E-state index in [0.717, 1.165) is 31.4 Å². The summed E-state index contributed by atoms with van der Waals surface area (Å²) < 4.78 is 13.6. The van der Waals surface area contributed by atoms with E-state index in [9.17, 15) is 24.4 Å². The summed E-state index contributed by atoms with van der Waals surface area (Å²) in [6.45, 7) is 1.70. The Labute approximate surface area is 134 Å². The monoisotopic (exact) mass is 324 g/mol. The number of carbonyl (C=O) groups is 1. The van der Waals surface area contributed by atoms with Gasteiger partial charge in [0, 0.05) is 25.1 Å². The summed E-state index contributed by atoms with van der Waals surface area (Å²) in [5, 5.41) is 21.2. The first-order valence-electron chi connectivity index (χ1n) is 7.69. The van der Waals surface area contributed by atoms with E-state index in [0.29, 0.717) is 13.0 Å². The largest absolute Gasteiger partial charge is 0.393 e. The minimum Gasteiger partial charge on any atom is -0.393 e. The van der Waals surface area contributed by atoms with Gasteiger partial charge in [0.15, 0.2) is 0 Å². The van der Waals surface area contributed by atoms with E-state index in [1.165, 1.54) is 18.9 Å². The topological polar surface area (TPSA) is 83.7 Å². The highest BCUT2D eigenvalue weighted by Gasteiger charge is 2.30. The lowest BCUT2D eigenvalue weighted by Gasteiger charge is -2.31. The van der Waals surface area contributed by atoms with Gasteiger partial charge in [-0.2, -0.15) is 0 Å². The summed E-state index contributed by atoms with van der Waals surface area (Å²) >= 11 is 0. The van der Waals surface area contributed by atoms with Gasteiger partial charge in [-0.1, -0.05) is 12.8 Å². The van der Waals surface area contributed by atoms with Crippen LogP contribution in [0.1, 0.15) is 41.6 Å². The summed E-state index contributed by atoms with van der Waals surface area (Å²) in [5.74, 6) is -1.33. The second kappa shape index (κ2) is 7.04. The van der Waals surface area contributed by atoms with Crippen molar-refractivity contribution in [1.82, 2.24) is 4.90 Å². The molecule has 1 aliphatic carbocycles. The van der Waals surface area contributed by atoms with Crippen LogP contribution in [0.5, 0.6) is 0 Å². The van der Waals surface area contributed by atoms with Gasteiger partial charge in [-0.05, 0) is 31.9 Å². The van der Waals surface area contributed by atoms with Gasteiger partial charge >= 0.3 is 0 Å². The maximum Gasteiger partial charge on any atom is 0.285 e. The van der Waals surface area contributed by atoms with Crippen LogP contribution in [0.3, 0.4) is 0 Å². The molecule has 0 radical (unpaired) electrons. The summed E-state index contributed by atoms with van der Waals surface area (Å²) in [6.07, 6.45) is 2.99. The SMILES string of the molecule is Cc1cc(F)cc(C(=O)N(C)CC2CCCCC2O)c1[N+](=O)[O-]. The van der Waals surface area contributed by atoms with Gasteiger partial charge in [0.1, 0.15) is 11.4 Å². The molecule has 1 aromatic carbocycles. The summed E-state index contributed by atoms with van der Waals surface area (Å²) in [5.41, 5.74) is -0.503. The number of aryl methyl sites for hydroxylation is 1. The third-order valence-corrected chi connectivity index (χ3v) is 4.40. The fraction of sp³-hybridized carbons (Fsp3) is 0.562. The molecule has 126 valence electrons. The molecule has 2 rings (SSSR count). The Hall–Kier alpha value is -2.02. The van der Waals surface area contributed by atoms with Gasteiger partial charge in [-0.15, -0.1) is 0 Å². The Morgan fingerprint density at radius 1 is 1.43 bits per heavy atom. The highest BCUT2D eigenvalue weighted by atomic mass is 19.1. The zero-order valence-electron chi connectivity index (χ0n) is 13.3. The molecule has 1 aromatic rings. The highest BCUT2D eigenvalue weighted by molar-refractivity contribution is 5.98. The number of nitro benzene ring substituents is 1. The van der Waals surface area contributed by atoms with Gasteiger partial charge < -0.3 is 10.0 Å². The number of aliphatic hydroxyl groups excluding tert-OH is 1. The van der Waals surface area contributed by atoms with Crippen LogP contribution < -0.4 is 0 Å². The number of amides is 1. The number of carbonyl (C=O) groups excluding carboxylic acids is 1. The number of nitro groups is 1. The maximum absolute atomic E-state index is 13.6. The molecule has 0 heterocycles. The van der Waals surface area contributed by atoms with Gasteiger partial charge in [-0.3, -0.25) is 14.9 Å². The van der Waals surface area contributed by atoms with Gasteiger partial charge in [0.2, 0.25) is 0 Å². The number of halogens is 1. The molecule has 1 aliphatic rings. The molecule has 2 unspecified atom stereocenters. The van der Waals surface area contributed by atoms with Crippen molar-refractivity contribution in [2.75, 3.05) is 13.6 Å². The maximum atomic E-state index is 13.6. The van der Waals surface area contributed by atoms with Crippen molar-refractivity contribution in [3.05, 3.63) is 39.2 Å². The minimum atomic E-state index is -0.678. The second-order valence-electron chi connectivity index (χ2n) is 6.17. The molecule has 0 spiro atoms. The lowest BCUT2D eigenvalue weighted by molar-refractivity contribution is -0.385. The molecular formula is C16H21FN2O4. The number of benzene rings is 1. The number of hydrogen-bond donors (Lipinski definition) is 1. The van der Waals surface area contributed by atoms with Crippen molar-refractivity contribution in [3.63, 3.8) is 0 Å². The third kappa shape index (κ3) is 3.85. The van der Waals surface area contributed by atoms with Crippen LogP contribution in [-0.4, -0.2) is 40.5 Å². The van der Waals surface area contributed by atoms with Crippen LogP contribution in [0.4, 0.5) is 10.1 Å². The van der Waals surface area contributed by atoms with Gasteiger partial charge in [0.05, 0.1) is 11.0 Å². The van der Waals surface area contributed by atoms with Crippen LogP contribution in [0.25, 0.3) is 0 Å². The van der Waals surface area contributed by atoms with Crippen molar-refractivity contribution < 1.29 is 19.2 Å². The average Bonchev–Trinajstić information content (AvgIpc) is 2.47. The molecule has 0 saturated heterocycles. The van der Waals surface area contributed by atoms with E-state index >= 15 is 0 Å². The van der Waals surface area contributed by atoms with E-state index in [2.05, 4.69) is 0 Å². The normalized spacial score (nSPS) is 21.0. The Bertz CT molecular complexity index is 620. The first-order chi connectivity index (χ1) is 10.8. The summed E-state index contributed by atoms with van der Waals surface area (Å²) in [4.78, 5) is 24.4. The second-order valence-corrected chi connectivity index (χ2v) is 6.17. The zero-order chi connectivity index (χ0) is 17.1. The van der Waals surface area contributed by atoms with Crippen molar-refractivity contribution >= 4 is 11.6 Å². The molecule has 1 saturated carbocycles. The molecule has 1 N–H and O–H groups in total. The quantitative estimate of drug-likeness (QED) is 0.682. The number of nitrogens with zero attached hydrogens (tertiary/aromatic N) is 2. The Kier molecular flexibility index (Phi) is 5.30. The lowest BCUT2D eigenvalue weighted by Crippen LogP contribution is -2.38. The molecule has 1 amide bonds. The Balaban J connectivity index is 2.24. The first-order valence-corrected chi connectivity index (χ1v) is 7.69. The molecule has 1 fully saturated rings. The molecule has 0 bridgehead atoms. The Morgan fingerprint density at radius 3 is 2.70 bits per heavy atom. The van der Waals surface area contributed by atoms with E-state index in [4.69, 9.17) is 0 Å². The summed E-state index contributed by atoms with van der Waals surface area (Å²) in [6, 6.07) is 1.95. The van der Waals surface area contributed by atoms with Gasteiger partial charge in [-0.25, -0.2) is 4.39 Å². The number of aliphatic hydroxyl groups is 1. The van der Waals surface area contributed by atoms with Crippen LogP contribution in [0, 0.1) is 28.8 Å². The van der Waals surface area contributed by atoms with E-state index in [1.54, 1.807) is 0 Å². The average molecular weight is 324 g/mol. The zero-order valence-corrected chi connectivity index (χ0v) is 13.3. The van der Waals surface area contributed by atoms with Crippen LogP contribution in [-0.2, 0) is 0 Å². The highest BCUT2D eigenvalue weighted by Crippen LogP contribution is 2.28. The van der Waals surface area contributed by atoms with E-state index in [1.807, 2.05) is 0 Å². The van der Waals surface area contributed by atoms with E-state index in [-0.39, 0.29) is 22.7 Å². The van der Waals surface area contributed by atoms with Crippen molar-refractivity contribution in [2.45, 2.75) is 38.7 Å². The Morgan fingerprint density at radius 2 is 2.09 bits per heavy atom. The molecular weight excluding hydrogens is 303 g/mol.